The maximum absolute atomic E-state index is 11.7. The van der Waals surface area contributed by atoms with Crippen LogP contribution in [-0.2, 0) is 17.6 Å². The van der Waals surface area contributed by atoms with Crippen LogP contribution in [0.5, 0.6) is 0 Å². The smallest absolute Gasteiger partial charge is 0.303 e. The Hall–Kier alpha value is -2.11. The number of aromatic nitrogens is 1. The summed E-state index contributed by atoms with van der Waals surface area (Å²) in [7, 11) is 1.81. The van der Waals surface area contributed by atoms with Gasteiger partial charge in [-0.3, -0.25) is 9.59 Å². The Morgan fingerprint density at radius 2 is 2.10 bits per heavy atom. The first-order valence-electron chi connectivity index (χ1n) is 7.24. The van der Waals surface area contributed by atoms with E-state index in [0.29, 0.717) is 24.3 Å². The van der Waals surface area contributed by atoms with E-state index < -0.39 is 11.9 Å². The normalized spacial score (nSPS) is 13.6. The number of primary amides is 1. The van der Waals surface area contributed by atoms with Gasteiger partial charge in [-0.05, 0) is 43.7 Å². The van der Waals surface area contributed by atoms with Crippen molar-refractivity contribution < 1.29 is 14.7 Å². The van der Waals surface area contributed by atoms with Crippen molar-refractivity contribution in [1.82, 2.24) is 4.98 Å². The maximum atomic E-state index is 11.7. The molecule has 6 nitrogen and oxygen atoms in total. The number of carbonyl (C=O) groups is 2. The third-order valence-corrected chi connectivity index (χ3v) is 3.79. The number of rotatable bonds is 6. The van der Waals surface area contributed by atoms with Crippen molar-refractivity contribution in [3.8, 4) is 0 Å². The topological polar surface area (TPSA) is 96.5 Å². The van der Waals surface area contributed by atoms with E-state index in [1.165, 1.54) is 0 Å². The van der Waals surface area contributed by atoms with Gasteiger partial charge in [-0.25, -0.2) is 4.98 Å². The molecule has 1 heterocycles. The quantitative estimate of drug-likeness (QED) is 0.825. The first kappa shape index (κ1) is 15.3. The number of carboxylic acid groups (broad SMARTS) is 1. The van der Waals surface area contributed by atoms with E-state index in [-0.39, 0.29) is 6.42 Å². The summed E-state index contributed by atoms with van der Waals surface area (Å²) in [6.07, 6.45) is 4.68. The summed E-state index contributed by atoms with van der Waals surface area (Å²) in [5, 5.41) is 8.69. The molecule has 0 fully saturated rings. The third-order valence-electron chi connectivity index (χ3n) is 3.79. The van der Waals surface area contributed by atoms with Gasteiger partial charge in [0.2, 0.25) is 0 Å². The van der Waals surface area contributed by atoms with Crippen LogP contribution in [-0.4, -0.2) is 35.6 Å². The first-order chi connectivity index (χ1) is 9.99. The van der Waals surface area contributed by atoms with Crippen LogP contribution in [0.15, 0.2) is 6.07 Å². The Morgan fingerprint density at radius 1 is 1.38 bits per heavy atom. The van der Waals surface area contributed by atoms with E-state index in [1.54, 1.807) is 0 Å². The highest BCUT2D eigenvalue weighted by molar-refractivity contribution is 5.98. The molecule has 0 saturated heterocycles. The molecule has 3 N–H and O–H groups in total. The lowest BCUT2D eigenvalue weighted by Gasteiger charge is -2.24. The molecule has 114 valence electrons. The second-order valence-electron chi connectivity index (χ2n) is 5.46. The largest absolute Gasteiger partial charge is 0.481 e. The fourth-order valence-electron chi connectivity index (χ4n) is 2.67. The zero-order valence-corrected chi connectivity index (χ0v) is 12.3. The number of pyridine rings is 1. The van der Waals surface area contributed by atoms with E-state index in [4.69, 9.17) is 10.8 Å². The minimum Gasteiger partial charge on any atom is -0.481 e. The van der Waals surface area contributed by atoms with Crippen LogP contribution in [0.2, 0.25) is 0 Å². The van der Waals surface area contributed by atoms with Gasteiger partial charge in [0.25, 0.3) is 5.91 Å². The molecular weight excluding hydrogens is 270 g/mol. The third kappa shape index (κ3) is 3.71. The second kappa shape index (κ2) is 6.56. The lowest BCUT2D eigenvalue weighted by atomic mass is 9.94. The molecule has 6 heteroatoms. The maximum Gasteiger partial charge on any atom is 0.303 e. The number of nitrogens with two attached hydrogens (primary N) is 1. The van der Waals surface area contributed by atoms with Crippen molar-refractivity contribution >= 4 is 17.7 Å². The molecule has 0 saturated carbocycles. The SMILES string of the molecule is CN(CCCC(=O)O)c1nc2c(cc1C(N)=O)CCCC2. The highest BCUT2D eigenvalue weighted by atomic mass is 16.4. The van der Waals surface area contributed by atoms with Gasteiger partial charge in [0.1, 0.15) is 5.82 Å². The summed E-state index contributed by atoms with van der Waals surface area (Å²) in [4.78, 5) is 28.7. The van der Waals surface area contributed by atoms with Crippen molar-refractivity contribution in [2.75, 3.05) is 18.5 Å². The van der Waals surface area contributed by atoms with E-state index in [2.05, 4.69) is 4.98 Å². The van der Waals surface area contributed by atoms with Crippen molar-refractivity contribution in [3.63, 3.8) is 0 Å². The minimum atomic E-state index is -0.822. The number of aliphatic carboxylic acids is 1. The van der Waals surface area contributed by atoms with Gasteiger partial charge in [0.05, 0.1) is 5.56 Å². The number of carbonyl (C=O) groups excluding carboxylic acids is 1. The van der Waals surface area contributed by atoms with Crippen LogP contribution in [0.3, 0.4) is 0 Å². The Bertz CT molecular complexity index is 557. The Kier molecular flexibility index (Phi) is 4.77. The molecule has 1 aromatic rings. The highest BCUT2D eigenvalue weighted by Crippen LogP contribution is 2.26. The summed E-state index contributed by atoms with van der Waals surface area (Å²) >= 11 is 0. The number of hydrogen-bond donors (Lipinski definition) is 2. The zero-order chi connectivity index (χ0) is 15.4. The van der Waals surface area contributed by atoms with Gasteiger partial charge >= 0.3 is 5.97 Å². The number of fused-ring (bicyclic) bond motifs is 1. The van der Waals surface area contributed by atoms with Gasteiger partial charge in [-0.15, -0.1) is 0 Å². The van der Waals surface area contributed by atoms with Gasteiger partial charge in [-0.2, -0.15) is 0 Å². The summed E-state index contributed by atoms with van der Waals surface area (Å²) in [6, 6.07) is 1.85. The van der Waals surface area contributed by atoms with Crippen molar-refractivity contribution in [1.29, 1.82) is 0 Å². The van der Waals surface area contributed by atoms with Gasteiger partial charge in [-0.1, -0.05) is 0 Å². The number of nitrogens with zero attached hydrogens (tertiary/aromatic N) is 2. The van der Waals surface area contributed by atoms with Crippen molar-refractivity contribution in [2.45, 2.75) is 38.5 Å². The highest BCUT2D eigenvalue weighted by Gasteiger charge is 2.20. The molecule has 0 radical (unpaired) electrons. The molecular formula is C15H21N3O3. The molecule has 0 atom stereocenters. The Balaban J connectivity index is 2.23. The van der Waals surface area contributed by atoms with Gasteiger partial charge in [0.15, 0.2) is 0 Å². The lowest BCUT2D eigenvalue weighted by molar-refractivity contribution is -0.137. The summed E-state index contributed by atoms with van der Waals surface area (Å²) in [5.74, 6) is -0.749. The fraction of sp³-hybridized carbons (Fsp3) is 0.533. The predicted octanol–water partition coefficient (Wildman–Crippen LogP) is 1.36. The summed E-state index contributed by atoms with van der Waals surface area (Å²) in [5.41, 5.74) is 8.03. The number of carboxylic acids is 1. The van der Waals surface area contributed by atoms with Crippen molar-refractivity contribution in [3.05, 3.63) is 22.9 Å². The van der Waals surface area contributed by atoms with Crippen LogP contribution >= 0.6 is 0 Å². The first-order valence-corrected chi connectivity index (χ1v) is 7.24. The zero-order valence-electron chi connectivity index (χ0n) is 12.3. The van der Waals surface area contributed by atoms with Crippen molar-refractivity contribution in [2.24, 2.45) is 5.73 Å². The lowest BCUT2D eigenvalue weighted by Crippen LogP contribution is -2.26. The Morgan fingerprint density at radius 3 is 2.76 bits per heavy atom. The van der Waals surface area contributed by atoms with Crippen LogP contribution in [0.1, 0.15) is 47.3 Å². The molecule has 0 aromatic carbocycles. The molecule has 0 aliphatic heterocycles. The van der Waals surface area contributed by atoms with E-state index in [1.807, 2.05) is 18.0 Å². The van der Waals surface area contributed by atoms with Gasteiger partial charge < -0.3 is 15.7 Å². The van der Waals surface area contributed by atoms with Crippen LogP contribution in [0, 0.1) is 0 Å². The molecule has 1 aliphatic carbocycles. The van der Waals surface area contributed by atoms with Gasteiger partial charge in [0, 0.05) is 25.7 Å². The number of hydrogen-bond acceptors (Lipinski definition) is 4. The molecule has 2 rings (SSSR count). The fourth-order valence-corrected chi connectivity index (χ4v) is 2.67. The number of amides is 1. The average Bonchev–Trinajstić information content (AvgIpc) is 2.45. The molecule has 1 aromatic heterocycles. The molecule has 0 bridgehead atoms. The minimum absolute atomic E-state index is 0.0984. The second-order valence-corrected chi connectivity index (χ2v) is 5.46. The molecule has 0 spiro atoms. The summed E-state index contributed by atoms with van der Waals surface area (Å²) < 4.78 is 0. The number of anilines is 1. The standard InChI is InChI=1S/C15H21N3O3/c1-18(8-4-7-13(19)20)15-11(14(16)21)9-10-5-2-3-6-12(10)17-15/h9H,2-8H2,1H3,(H2,16,21)(H,19,20). The molecule has 1 aliphatic rings. The van der Waals surface area contributed by atoms with Crippen LogP contribution in [0.4, 0.5) is 5.82 Å². The molecule has 0 unspecified atom stereocenters. The Labute approximate surface area is 124 Å². The van der Waals surface area contributed by atoms with E-state index >= 15 is 0 Å². The van der Waals surface area contributed by atoms with E-state index in [9.17, 15) is 9.59 Å². The molecule has 21 heavy (non-hydrogen) atoms. The monoisotopic (exact) mass is 291 g/mol. The van der Waals surface area contributed by atoms with Crippen LogP contribution in [0.25, 0.3) is 0 Å². The van der Waals surface area contributed by atoms with Crippen LogP contribution < -0.4 is 10.6 Å². The van der Waals surface area contributed by atoms with E-state index in [0.717, 1.165) is 36.9 Å². The number of aryl methyl sites for hydroxylation is 2. The average molecular weight is 291 g/mol. The summed E-state index contributed by atoms with van der Waals surface area (Å²) in [6.45, 7) is 0.526. The molecule has 1 amide bonds. The predicted molar refractivity (Wildman–Crippen MR) is 79.5 cm³/mol.